The number of aromatic nitrogens is 2. The summed E-state index contributed by atoms with van der Waals surface area (Å²) in [5.41, 5.74) is 1.06. The van der Waals surface area contributed by atoms with Crippen LogP contribution in [0.25, 0.3) is 0 Å². The first-order valence-electron chi connectivity index (χ1n) is 6.22. The fourth-order valence-corrected chi connectivity index (χ4v) is 2.76. The van der Waals surface area contributed by atoms with Gasteiger partial charge in [-0.1, -0.05) is 41.9 Å². The van der Waals surface area contributed by atoms with E-state index < -0.39 is 0 Å². The lowest BCUT2D eigenvalue weighted by Gasteiger charge is -2.24. The van der Waals surface area contributed by atoms with Crippen molar-refractivity contribution in [3.8, 4) is 0 Å². The second-order valence-corrected chi connectivity index (χ2v) is 5.28. The fraction of sp³-hybridized carbons (Fsp3) is 0.214. The van der Waals surface area contributed by atoms with Crippen molar-refractivity contribution >= 4 is 34.9 Å². The molecule has 0 N–H and O–H groups in total. The number of hydrogen-bond acceptors (Lipinski definition) is 3. The summed E-state index contributed by atoms with van der Waals surface area (Å²) in [5, 5.41) is 0.404. The predicted molar refractivity (Wildman–Crippen MR) is 78.0 cm³/mol. The quantitative estimate of drug-likeness (QED) is 0.796. The Labute approximate surface area is 126 Å². The van der Waals surface area contributed by atoms with E-state index in [9.17, 15) is 4.79 Å². The van der Waals surface area contributed by atoms with Crippen LogP contribution in [0.15, 0.2) is 36.5 Å². The summed E-state index contributed by atoms with van der Waals surface area (Å²) in [6.07, 6.45) is 2.62. The fourth-order valence-electron chi connectivity index (χ4n) is 2.45. The molecule has 1 fully saturated rings. The Hall–Kier alpha value is -1.65. The maximum absolute atomic E-state index is 12.2. The molecule has 1 aromatic heterocycles. The predicted octanol–water partition coefficient (Wildman–Crippen LogP) is 3.65. The molecule has 0 radical (unpaired) electrons. The van der Waals surface area contributed by atoms with Crippen LogP contribution in [0.2, 0.25) is 10.3 Å². The van der Waals surface area contributed by atoms with Crippen LogP contribution in [0.3, 0.4) is 0 Å². The molecule has 1 atom stereocenters. The number of rotatable bonds is 2. The van der Waals surface area contributed by atoms with Gasteiger partial charge in [-0.3, -0.25) is 9.69 Å². The van der Waals surface area contributed by atoms with Crippen molar-refractivity contribution in [2.75, 3.05) is 4.90 Å². The first-order valence-corrected chi connectivity index (χ1v) is 6.97. The van der Waals surface area contributed by atoms with Crippen LogP contribution in [0.5, 0.6) is 0 Å². The van der Waals surface area contributed by atoms with E-state index in [4.69, 9.17) is 23.2 Å². The molecule has 1 saturated heterocycles. The molecule has 0 bridgehead atoms. The lowest BCUT2D eigenvalue weighted by Crippen LogP contribution is -2.28. The molecule has 1 aromatic carbocycles. The largest absolute Gasteiger partial charge is 0.288 e. The Balaban J connectivity index is 2.05. The second kappa shape index (κ2) is 5.38. The van der Waals surface area contributed by atoms with E-state index in [0.29, 0.717) is 17.3 Å². The molecule has 1 aliphatic heterocycles. The summed E-state index contributed by atoms with van der Waals surface area (Å²) in [6.45, 7) is 0. The van der Waals surface area contributed by atoms with Gasteiger partial charge in [-0.05, 0) is 23.6 Å². The highest BCUT2D eigenvalue weighted by molar-refractivity contribution is 6.34. The van der Waals surface area contributed by atoms with Crippen molar-refractivity contribution < 1.29 is 4.79 Å². The summed E-state index contributed by atoms with van der Waals surface area (Å²) >= 11 is 11.9. The van der Waals surface area contributed by atoms with Crippen molar-refractivity contribution in [2.45, 2.75) is 18.9 Å². The number of carbonyl (C=O) groups is 1. The van der Waals surface area contributed by atoms with Gasteiger partial charge in [0, 0.05) is 6.42 Å². The maximum atomic E-state index is 12.2. The van der Waals surface area contributed by atoms with Crippen molar-refractivity contribution in [2.24, 2.45) is 0 Å². The zero-order chi connectivity index (χ0) is 14.1. The van der Waals surface area contributed by atoms with Crippen LogP contribution in [0.4, 0.5) is 5.82 Å². The van der Waals surface area contributed by atoms with Crippen molar-refractivity contribution in [3.05, 3.63) is 52.4 Å². The molecule has 1 unspecified atom stereocenters. The van der Waals surface area contributed by atoms with Crippen LogP contribution in [-0.4, -0.2) is 15.9 Å². The highest BCUT2D eigenvalue weighted by Crippen LogP contribution is 2.38. The van der Waals surface area contributed by atoms with Gasteiger partial charge in [0.1, 0.15) is 5.02 Å². The molecule has 0 aliphatic carbocycles. The molecule has 2 heterocycles. The number of amides is 1. The van der Waals surface area contributed by atoms with Crippen molar-refractivity contribution in [1.29, 1.82) is 0 Å². The van der Waals surface area contributed by atoms with E-state index in [1.807, 2.05) is 30.3 Å². The zero-order valence-corrected chi connectivity index (χ0v) is 12.0. The lowest BCUT2D eigenvalue weighted by molar-refractivity contribution is -0.117. The lowest BCUT2D eigenvalue weighted by atomic mass is 10.0. The van der Waals surface area contributed by atoms with E-state index in [-0.39, 0.29) is 17.2 Å². The molecule has 0 saturated carbocycles. The highest BCUT2D eigenvalue weighted by atomic mass is 35.5. The molecular weight excluding hydrogens is 297 g/mol. The van der Waals surface area contributed by atoms with Gasteiger partial charge in [0.15, 0.2) is 5.82 Å². The standard InChI is InChI=1S/C14H11Cl2N3O/c15-10-8-17-14(16)18-13(10)19-11(6-7-12(19)20)9-4-2-1-3-5-9/h1-5,8,11H,6-7H2. The smallest absolute Gasteiger partial charge is 0.228 e. The first-order chi connectivity index (χ1) is 9.66. The summed E-state index contributed by atoms with van der Waals surface area (Å²) in [5.74, 6) is 0.374. The van der Waals surface area contributed by atoms with E-state index >= 15 is 0 Å². The SMILES string of the molecule is O=C1CCC(c2ccccc2)N1c1nc(Cl)ncc1Cl. The van der Waals surface area contributed by atoms with Gasteiger partial charge < -0.3 is 0 Å². The molecule has 6 heteroatoms. The molecule has 1 amide bonds. The topological polar surface area (TPSA) is 46.1 Å². The Morgan fingerprint density at radius 1 is 1.20 bits per heavy atom. The minimum atomic E-state index is -0.0628. The average Bonchev–Trinajstić information content (AvgIpc) is 2.84. The van der Waals surface area contributed by atoms with Gasteiger partial charge in [0.05, 0.1) is 12.2 Å². The van der Waals surface area contributed by atoms with E-state index in [0.717, 1.165) is 12.0 Å². The summed E-state index contributed by atoms with van der Waals surface area (Å²) < 4.78 is 0. The van der Waals surface area contributed by atoms with Gasteiger partial charge >= 0.3 is 0 Å². The highest BCUT2D eigenvalue weighted by Gasteiger charge is 2.35. The number of carbonyl (C=O) groups excluding carboxylic acids is 1. The third-order valence-corrected chi connectivity index (χ3v) is 3.77. The molecule has 102 valence electrons. The van der Waals surface area contributed by atoms with Crippen LogP contribution in [-0.2, 0) is 4.79 Å². The van der Waals surface area contributed by atoms with E-state index in [2.05, 4.69) is 9.97 Å². The third kappa shape index (κ3) is 2.37. The first kappa shape index (κ1) is 13.3. The summed E-state index contributed by atoms with van der Waals surface area (Å²) in [4.78, 5) is 21.7. The Morgan fingerprint density at radius 2 is 1.95 bits per heavy atom. The third-order valence-electron chi connectivity index (χ3n) is 3.32. The molecule has 0 spiro atoms. The minimum Gasteiger partial charge on any atom is -0.288 e. The van der Waals surface area contributed by atoms with Gasteiger partial charge in [-0.25, -0.2) is 4.98 Å². The van der Waals surface area contributed by atoms with Crippen molar-refractivity contribution in [3.63, 3.8) is 0 Å². The van der Waals surface area contributed by atoms with Gasteiger partial charge in [0.25, 0.3) is 0 Å². The molecule has 20 heavy (non-hydrogen) atoms. The molecule has 2 aromatic rings. The molecule has 4 nitrogen and oxygen atoms in total. The average molecular weight is 308 g/mol. The number of anilines is 1. The maximum Gasteiger partial charge on any atom is 0.228 e. The van der Waals surface area contributed by atoms with Gasteiger partial charge in [-0.15, -0.1) is 0 Å². The summed E-state index contributed by atoms with van der Waals surface area (Å²) in [7, 11) is 0. The van der Waals surface area contributed by atoms with Crippen LogP contribution in [0, 0.1) is 0 Å². The van der Waals surface area contributed by atoms with Crippen LogP contribution < -0.4 is 4.90 Å². The molecular formula is C14H11Cl2N3O. The van der Waals surface area contributed by atoms with Gasteiger partial charge in [0.2, 0.25) is 11.2 Å². The summed E-state index contributed by atoms with van der Waals surface area (Å²) in [6, 6.07) is 9.77. The molecule has 3 rings (SSSR count). The normalized spacial score (nSPS) is 18.6. The minimum absolute atomic E-state index is 0.00415. The molecule has 1 aliphatic rings. The Bertz CT molecular complexity index is 648. The Kier molecular flexibility index (Phi) is 3.59. The number of nitrogens with zero attached hydrogens (tertiary/aromatic N) is 3. The number of benzene rings is 1. The van der Waals surface area contributed by atoms with E-state index in [1.54, 1.807) is 4.90 Å². The van der Waals surface area contributed by atoms with Crippen LogP contribution >= 0.6 is 23.2 Å². The van der Waals surface area contributed by atoms with Crippen LogP contribution in [0.1, 0.15) is 24.4 Å². The number of halogens is 2. The zero-order valence-electron chi connectivity index (χ0n) is 10.5. The Morgan fingerprint density at radius 3 is 2.70 bits per heavy atom. The van der Waals surface area contributed by atoms with Gasteiger partial charge in [-0.2, -0.15) is 4.98 Å². The second-order valence-electron chi connectivity index (χ2n) is 4.54. The van der Waals surface area contributed by atoms with Crippen molar-refractivity contribution in [1.82, 2.24) is 9.97 Å². The van der Waals surface area contributed by atoms with E-state index in [1.165, 1.54) is 6.20 Å². The number of hydrogen-bond donors (Lipinski definition) is 0. The monoisotopic (exact) mass is 307 g/mol.